The Kier molecular flexibility index (Phi) is 8.43. The predicted molar refractivity (Wildman–Crippen MR) is 109 cm³/mol. The average Bonchev–Trinajstić information content (AvgIpc) is 2.72. The van der Waals surface area contributed by atoms with Crippen molar-refractivity contribution in [1.29, 1.82) is 0 Å². The van der Waals surface area contributed by atoms with Crippen molar-refractivity contribution >= 4 is 18.3 Å². The molecule has 1 fully saturated rings. The highest BCUT2D eigenvalue weighted by Gasteiger charge is 2.22. The molecule has 0 unspecified atom stereocenters. The van der Waals surface area contributed by atoms with Gasteiger partial charge in [0.1, 0.15) is 6.61 Å². The summed E-state index contributed by atoms with van der Waals surface area (Å²) in [5.74, 6) is 1.24. The number of rotatable bonds is 7. The van der Waals surface area contributed by atoms with E-state index in [1.54, 1.807) is 0 Å². The Labute approximate surface area is 167 Å². The fourth-order valence-corrected chi connectivity index (χ4v) is 3.06. The van der Waals surface area contributed by atoms with Crippen LogP contribution in [-0.2, 0) is 11.4 Å². The van der Waals surface area contributed by atoms with Crippen molar-refractivity contribution in [1.82, 2.24) is 10.2 Å². The Morgan fingerprint density at radius 1 is 1.00 bits per heavy atom. The van der Waals surface area contributed by atoms with Crippen LogP contribution in [-0.4, -0.2) is 43.6 Å². The Balaban J connectivity index is 0.00000261. The SMILES string of the molecule is CN(C(=O)COc1ccccc1OCc1ccccc1)C1CCNCC1.Cl. The summed E-state index contributed by atoms with van der Waals surface area (Å²) in [6, 6.07) is 17.7. The maximum absolute atomic E-state index is 12.4. The van der Waals surface area contributed by atoms with Gasteiger partial charge in [-0.15, -0.1) is 12.4 Å². The molecule has 5 nitrogen and oxygen atoms in total. The number of benzene rings is 2. The molecule has 0 aliphatic carbocycles. The van der Waals surface area contributed by atoms with Gasteiger partial charge in [0.15, 0.2) is 18.1 Å². The molecule has 0 aromatic heterocycles. The summed E-state index contributed by atoms with van der Waals surface area (Å²) in [7, 11) is 1.86. The van der Waals surface area contributed by atoms with Crippen molar-refractivity contribution in [2.45, 2.75) is 25.5 Å². The van der Waals surface area contributed by atoms with Gasteiger partial charge in [-0.3, -0.25) is 4.79 Å². The van der Waals surface area contributed by atoms with Crippen LogP contribution in [0.5, 0.6) is 11.5 Å². The lowest BCUT2D eigenvalue weighted by Gasteiger charge is -2.31. The number of likely N-dealkylation sites (N-methyl/N-ethyl adjacent to an activating group) is 1. The first-order valence-electron chi connectivity index (χ1n) is 9.09. The van der Waals surface area contributed by atoms with Crippen molar-refractivity contribution in [3.05, 3.63) is 60.2 Å². The maximum atomic E-state index is 12.4. The van der Waals surface area contributed by atoms with Crippen LogP contribution < -0.4 is 14.8 Å². The minimum absolute atomic E-state index is 0. The zero-order valence-electron chi connectivity index (χ0n) is 15.6. The van der Waals surface area contributed by atoms with Gasteiger partial charge in [0.05, 0.1) is 0 Å². The second-order valence-electron chi connectivity index (χ2n) is 6.50. The first-order valence-corrected chi connectivity index (χ1v) is 9.09. The molecule has 1 saturated heterocycles. The number of nitrogens with zero attached hydrogens (tertiary/aromatic N) is 1. The third kappa shape index (κ3) is 6.15. The summed E-state index contributed by atoms with van der Waals surface area (Å²) >= 11 is 0. The fourth-order valence-electron chi connectivity index (χ4n) is 3.06. The van der Waals surface area contributed by atoms with Crippen LogP contribution in [0.3, 0.4) is 0 Å². The van der Waals surface area contributed by atoms with Crippen molar-refractivity contribution in [3.63, 3.8) is 0 Å². The molecule has 2 aromatic carbocycles. The van der Waals surface area contributed by atoms with Crippen LogP contribution in [0, 0.1) is 0 Å². The van der Waals surface area contributed by atoms with Crippen LogP contribution in [0.15, 0.2) is 54.6 Å². The third-order valence-corrected chi connectivity index (χ3v) is 4.69. The van der Waals surface area contributed by atoms with E-state index in [4.69, 9.17) is 9.47 Å². The highest BCUT2D eigenvalue weighted by Crippen LogP contribution is 2.27. The minimum atomic E-state index is -0.00485. The molecule has 27 heavy (non-hydrogen) atoms. The van der Waals surface area contributed by atoms with Gasteiger partial charge in [-0.25, -0.2) is 0 Å². The lowest BCUT2D eigenvalue weighted by Crippen LogP contribution is -2.45. The van der Waals surface area contributed by atoms with Crippen LogP contribution in [0.2, 0.25) is 0 Å². The first-order chi connectivity index (χ1) is 12.7. The molecule has 0 radical (unpaired) electrons. The van der Waals surface area contributed by atoms with Crippen LogP contribution in [0.25, 0.3) is 0 Å². The van der Waals surface area contributed by atoms with Gasteiger partial charge in [0.25, 0.3) is 5.91 Å². The third-order valence-electron chi connectivity index (χ3n) is 4.69. The largest absolute Gasteiger partial charge is 0.485 e. The molecule has 0 spiro atoms. The van der Waals surface area contributed by atoms with Crippen molar-refractivity contribution in [2.24, 2.45) is 0 Å². The normalized spacial score (nSPS) is 14.1. The van der Waals surface area contributed by atoms with E-state index in [0.29, 0.717) is 18.1 Å². The second-order valence-corrected chi connectivity index (χ2v) is 6.50. The molecule has 0 bridgehead atoms. The molecular weight excluding hydrogens is 364 g/mol. The van der Waals surface area contributed by atoms with Gasteiger partial charge in [-0.2, -0.15) is 0 Å². The first kappa shape index (κ1) is 21.1. The monoisotopic (exact) mass is 390 g/mol. The number of para-hydroxylation sites is 2. The molecular formula is C21H27ClN2O3. The molecule has 2 aromatic rings. The van der Waals surface area contributed by atoms with Gasteiger partial charge in [-0.05, 0) is 43.6 Å². The summed E-state index contributed by atoms with van der Waals surface area (Å²) in [4.78, 5) is 14.3. The van der Waals surface area contributed by atoms with E-state index < -0.39 is 0 Å². The molecule has 0 saturated carbocycles. The number of hydrogen-bond donors (Lipinski definition) is 1. The quantitative estimate of drug-likeness (QED) is 0.788. The summed E-state index contributed by atoms with van der Waals surface area (Å²) in [6.45, 7) is 2.40. The van der Waals surface area contributed by atoms with E-state index in [9.17, 15) is 4.79 Å². The summed E-state index contributed by atoms with van der Waals surface area (Å²) < 4.78 is 11.6. The average molecular weight is 391 g/mol. The fraction of sp³-hybridized carbons (Fsp3) is 0.381. The molecule has 3 rings (SSSR count). The summed E-state index contributed by atoms with van der Waals surface area (Å²) in [6.07, 6.45) is 1.97. The molecule has 1 N–H and O–H groups in total. The van der Waals surface area contributed by atoms with Crippen LogP contribution in [0.1, 0.15) is 18.4 Å². The minimum Gasteiger partial charge on any atom is -0.485 e. The molecule has 0 atom stereocenters. The van der Waals surface area contributed by atoms with Crippen molar-refractivity contribution in [2.75, 3.05) is 26.7 Å². The molecule has 1 amide bonds. The second kappa shape index (κ2) is 10.8. The number of nitrogens with one attached hydrogen (secondary N) is 1. The van der Waals surface area contributed by atoms with Crippen LogP contribution >= 0.6 is 12.4 Å². The lowest BCUT2D eigenvalue weighted by atomic mass is 10.1. The topological polar surface area (TPSA) is 50.8 Å². The summed E-state index contributed by atoms with van der Waals surface area (Å²) in [5, 5.41) is 3.32. The highest BCUT2D eigenvalue weighted by atomic mass is 35.5. The summed E-state index contributed by atoms with van der Waals surface area (Å²) in [5.41, 5.74) is 1.09. The van der Waals surface area contributed by atoms with E-state index in [2.05, 4.69) is 5.32 Å². The molecule has 6 heteroatoms. The van der Waals surface area contributed by atoms with Crippen molar-refractivity contribution in [3.8, 4) is 11.5 Å². The molecule has 1 aliphatic heterocycles. The van der Waals surface area contributed by atoms with Crippen LogP contribution in [0.4, 0.5) is 0 Å². The molecule has 146 valence electrons. The van der Waals surface area contributed by atoms with E-state index in [-0.39, 0.29) is 31.0 Å². The highest BCUT2D eigenvalue weighted by molar-refractivity contribution is 5.85. The number of carbonyl (C=O) groups excluding carboxylic acids is 1. The number of hydrogen-bond acceptors (Lipinski definition) is 4. The van der Waals surface area contributed by atoms with Gasteiger partial charge in [0.2, 0.25) is 0 Å². The predicted octanol–water partition coefficient (Wildman–Crippen LogP) is 3.28. The van der Waals surface area contributed by atoms with Gasteiger partial charge in [-0.1, -0.05) is 42.5 Å². The standard InChI is InChI=1S/C21H26N2O3.ClH/c1-23(18-11-13-22-14-12-18)21(24)16-26-20-10-6-5-9-19(20)25-15-17-7-3-2-4-8-17;/h2-10,18,22H,11-16H2,1H3;1H. The zero-order valence-corrected chi connectivity index (χ0v) is 16.4. The van der Waals surface area contributed by atoms with Gasteiger partial charge >= 0.3 is 0 Å². The smallest absolute Gasteiger partial charge is 0.260 e. The Morgan fingerprint density at radius 3 is 2.26 bits per heavy atom. The van der Waals surface area contributed by atoms with E-state index in [1.165, 1.54) is 0 Å². The molecule has 1 heterocycles. The Hall–Kier alpha value is -2.24. The number of carbonyl (C=O) groups is 1. The lowest BCUT2D eigenvalue weighted by molar-refractivity contribution is -0.134. The number of amides is 1. The van der Waals surface area contributed by atoms with E-state index >= 15 is 0 Å². The Morgan fingerprint density at radius 2 is 1.59 bits per heavy atom. The molecule has 1 aliphatic rings. The van der Waals surface area contributed by atoms with Crippen molar-refractivity contribution < 1.29 is 14.3 Å². The Bertz CT molecular complexity index is 706. The number of piperidine rings is 1. The maximum Gasteiger partial charge on any atom is 0.260 e. The van der Waals surface area contributed by atoms with Gasteiger partial charge < -0.3 is 19.7 Å². The zero-order chi connectivity index (χ0) is 18.2. The number of ether oxygens (including phenoxy) is 2. The number of halogens is 1. The van der Waals surface area contributed by atoms with E-state index in [0.717, 1.165) is 31.5 Å². The van der Waals surface area contributed by atoms with E-state index in [1.807, 2.05) is 66.5 Å². The van der Waals surface area contributed by atoms with Gasteiger partial charge in [0, 0.05) is 13.1 Å².